The van der Waals surface area contributed by atoms with Gasteiger partial charge in [0.1, 0.15) is 18.0 Å². The first kappa shape index (κ1) is 24.9. The summed E-state index contributed by atoms with van der Waals surface area (Å²) in [4.78, 5) is 17.7. The standard InChI is InChI=1S/C28H25N3O4S/c1-4-34-25-14-19(10-12-24(25)35-17-21-8-6-5-7-20(21)16-29)15-26-27(32)31-28(36-26)30-22-13-18(2)9-11-23(22)33-3/h5-15H,4,17H2,1-3H3,(H,30,31,32)/b26-15-. The molecule has 1 heterocycles. The number of ether oxygens (including phenoxy) is 3. The summed E-state index contributed by atoms with van der Waals surface area (Å²) in [6.07, 6.45) is 1.78. The van der Waals surface area contributed by atoms with E-state index in [4.69, 9.17) is 14.2 Å². The molecule has 1 amide bonds. The summed E-state index contributed by atoms with van der Waals surface area (Å²) in [7, 11) is 1.59. The number of hydrogen-bond acceptors (Lipinski definition) is 7. The molecule has 7 nitrogen and oxygen atoms in total. The Labute approximate surface area is 214 Å². The monoisotopic (exact) mass is 499 g/mol. The van der Waals surface area contributed by atoms with Crippen LogP contribution in [0.4, 0.5) is 5.69 Å². The SMILES string of the molecule is CCOc1cc(/C=C2\SC(=Nc3cc(C)ccc3OC)NC2=O)ccc1OCc1ccccc1C#N. The topological polar surface area (TPSA) is 92.9 Å². The van der Waals surface area contributed by atoms with Crippen LogP contribution in [0.5, 0.6) is 17.2 Å². The molecule has 8 heteroatoms. The molecule has 1 N–H and O–H groups in total. The van der Waals surface area contributed by atoms with Crippen molar-refractivity contribution in [3.8, 4) is 23.3 Å². The number of aliphatic imine (C=N–C) groups is 1. The van der Waals surface area contributed by atoms with Crippen LogP contribution >= 0.6 is 11.8 Å². The molecule has 0 aromatic heterocycles. The van der Waals surface area contributed by atoms with Crippen molar-refractivity contribution in [3.63, 3.8) is 0 Å². The maximum Gasteiger partial charge on any atom is 0.264 e. The van der Waals surface area contributed by atoms with Gasteiger partial charge in [0.05, 0.1) is 30.3 Å². The lowest BCUT2D eigenvalue weighted by molar-refractivity contribution is -0.115. The van der Waals surface area contributed by atoms with Crippen molar-refractivity contribution in [2.75, 3.05) is 13.7 Å². The van der Waals surface area contributed by atoms with Crippen LogP contribution in [0, 0.1) is 18.3 Å². The van der Waals surface area contributed by atoms with Gasteiger partial charge in [-0.05, 0) is 73.1 Å². The molecule has 1 aliphatic heterocycles. The molecular weight excluding hydrogens is 474 g/mol. The average Bonchev–Trinajstić information content (AvgIpc) is 3.22. The third-order valence-electron chi connectivity index (χ3n) is 5.29. The first-order valence-electron chi connectivity index (χ1n) is 11.3. The van der Waals surface area contributed by atoms with Gasteiger partial charge >= 0.3 is 0 Å². The van der Waals surface area contributed by atoms with Crippen LogP contribution in [0.1, 0.15) is 29.2 Å². The second-order valence-corrected chi connectivity index (χ2v) is 8.88. The fourth-order valence-corrected chi connectivity index (χ4v) is 4.38. The summed E-state index contributed by atoms with van der Waals surface area (Å²) < 4.78 is 17.1. The van der Waals surface area contributed by atoms with E-state index < -0.39 is 0 Å². The first-order chi connectivity index (χ1) is 17.5. The zero-order valence-corrected chi connectivity index (χ0v) is 21.0. The van der Waals surface area contributed by atoms with Crippen molar-refractivity contribution in [1.82, 2.24) is 5.32 Å². The molecule has 4 rings (SSSR count). The Morgan fingerprint density at radius 2 is 1.86 bits per heavy atom. The second kappa shape index (κ2) is 11.5. The van der Waals surface area contributed by atoms with Gasteiger partial charge in [0.15, 0.2) is 16.7 Å². The Kier molecular flexibility index (Phi) is 7.93. The van der Waals surface area contributed by atoms with Gasteiger partial charge in [0, 0.05) is 5.56 Å². The lowest BCUT2D eigenvalue weighted by atomic mass is 10.1. The Balaban J connectivity index is 1.54. The van der Waals surface area contributed by atoms with E-state index in [9.17, 15) is 10.1 Å². The van der Waals surface area contributed by atoms with E-state index in [2.05, 4.69) is 16.4 Å². The number of nitriles is 1. The number of carbonyl (C=O) groups is 1. The molecule has 0 saturated carbocycles. The number of amides is 1. The zero-order valence-electron chi connectivity index (χ0n) is 20.2. The highest BCUT2D eigenvalue weighted by Crippen LogP contribution is 2.35. The molecule has 1 aliphatic rings. The van der Waals surface area contributed by atoms with E-state index in [1.165, 1.54) is 11.8 Å². The molecule has 182 valence electrons. The Hall–Kier alpha value is -4.22. The lowest BCUT2D eigenvalue weighted by Crippen LogP contribution is -2.19. The minimum atomic E-state index is -0.225. The van der Waals surface area contributed by atoms with E-state index in [1.54, 1.807) is 25.3 Å². The van der Waals surface area contributed by atoms with Crippen molar-refractivity contribution in [2.24, 2.45) is 4.99 Å². The van der Waals surface area contributed by atoms with Crippen LogP contribution < -0.4 is 19.5 Å². The second-order valence-electron chi connectivity index (χ2n) is 7.85. The van der Waals surface area contributed by atoms with Crippen molar-refractivity contribution >= 4 is 34.6 Å². The molecule has 1 fully saturated rings. The Bertz CT molecular complexity index is 1390. The van der Waals surface area contributed by atoms with Crippen molar-refractivity contribution in [1.29, 1.82) is 5.26 Å². The van der Waals surface area contributed by atoms with E-state index in [-0.39, 0.29) is 12.5 Å². The third kappa shape index (κ3) is 5.88. The molecule has 0 unspecified atom stereocenters. The number of carbonyl (C=O) groups excluding carboxylic acids is 1. The van der Waals surface area contributed by atoms with Gasteiger partial charge in [-0.25, -0.2) is 4.99 Å². The van der Waals surface area contributed by atoms with Crippen LogP contribution in [0.25, 0.3) is 6.08 Å². The molecule has 36 heavy (non-hydrogen) atoms. The van der Waals surface area contributed by atoms with Gasteiger partial charge in [0.25, 0.3) is 5.91 Å². The number of amidine groups is 1. The first-order valence-corrected chi connectivity index (χ1v) is 12.1. The zero-order chi connectivity index (χ0) is 25.5. The van der Waals surface area contributed by atoms with Gasteiger partial charge in [-0.1, -0.05) is 30.3 Å². The summed E-state index contributed by atoms with van der Waals surface area (Å²) in [6, 6.07) is 20.7. The molecule has 3 aromatic carbocycles. The van der Waals surface area contributed by atoms with Crippen LogP contribution in [0.3, 0.4) is 0 Å². The number of aryl methyl sites for hydroxylation is 1. The highest BCUT2D eigenvalue weighted by Gasteiger charge is 2.24. The number of benzene rings is 3. The number of nitrogens with one attached hydrogen (secondary N) is 1. The van der Waals surface area contributed by atoms with E-state index in [0.29, 0.717) is 45.2 Å². The summed E-state index contributed by atoms with van der Waals surface area (Å²) in [6.45, 7) is 4.56. The van der Waals surface area contributed by atoms with Gasteiger partial charge in [0.2, 0.25) is 0 Å². The van der Waals surface area contributed by atoms with E-state index >= 15 is 0 Å². The highest BCUT2D eigenvalue weighted by atomic mass is 32.2. The molecule has 0 aliphatic carbocycles. The van der Waals surface area contributed by atoms with Crippen LogP contribution in [0.15, 0.2) is 70.6 Å². The maximum atomic E-state index is 12.6. The van der Waals surface area contributed by atoms with Gasteiger partial charge < -0.3 is 19.5 Å². The predicted octanol–water partition coefficient (Wildman–Crippen LogP) is 5.74. The minimum absolute atomic E-state index is 0.225. The predicted molar refractivity (Wildman–Crippen MR) is 142 cm³/mol. The minimum Gasteiger partial charge on any atom is -0.494 e. The number of thioether (sulfide) groups is 1. The lowest BCUT2D eigenvalue weighted by Gasteiger charge is -2.13. The number of methoxy groups -OCH3 is 1. The largest absolute Gasteiger partial charge is 0.494 e. The van der Waals surface area contributed by atoms with Crippen molar-refractivity contribution < 1.29 is 19.0 Å². The average molecular weight is 500 g/mol. The Morgan fingerprint density at radius 3 is 2.64 bits per heavy atom. The smallest absolute Gasteiger partial charge is 0.264 e. The molecule has 0 radical (unpaired) electrons. The van der Waals surface area contributed by atoms with Gasteiger partial charge in [-0.2, -0.15) is 5.26 Å². The molecule has 0 atom stereocenters. The number of hydrogen-bond donors (Lipinski definition) is 1. The fraction of sp³-hybridized carbons (Fsp3) is 0.179. The molecule has 1 saturated heterocycles. The maximum absolute atomic E-state index is 12.6. The van der Waals surface area contributed by atoms with Crippen LogP contribution in [-0.4, -0.2) is 24.8 Å². The Morgan fingerprint density at radius 1 is 1.06 bits per heavy atom. The summed E-state index contributed by atoms with van der Waals surface area (Å²) in [5.74, 6) is 1.53. The highest BCUT2D eigenvalue weighted by molar-refractivity contribution is 8.18. The van der Waals surface area contributed by atoms with E-state index in [1.807, 2.05) is 62.4 Å². The quantitative estimate of drug-likeness (QED) is 0.397. The molecule has 0 bridgehead atoms. The normalized spacial score (nSPS) is 15.0. The summed E-state index contributed by atoms with van der Waals surface area (Å²) >= 11 is 1.26. The van der Waals surface area contributed by atoms with Gasteiger partial charge in [-0.15, -0.1) is 0 Å². The number of rotatable bonds is 8. The molecule has 3 aromatic rings. The van der Waals surface area contributed by atoms with Crippen LogP contribution in [-0.2, 0) is 11.4 Å². The fourth-order valence-electron chi connectivity index (χ4n) is 3.54. The summed E-state index contributed by atoms with van der Waals surface area (Å²) in [5.41, 5.74) is 3.85. The molecular formula is C28H25N3O4S. The molecule has 0 spiro atoms. The van der Waals surface area contributed by atoms with E-state index in [0.717, 1.165) is 16.7 Å². The number of nitrogens with zero attached hydrogens (tertiary/aromatic N) is 2. The van der Waals surface area contributed by atoms with Crippen LogP contribution in [0.2, 0.25) is 0 Å². The summed E-state index contributed by atoms with van der Waals surface area (Å²) in [5, 5.41) is 12.6. The van der Waals surface area contributed by atoms with Crippen molar-refractivity contribution in [3.05, 3.63) is 87.8 Å². The van der Waals surface area contributed by atoms with Gasteiger partial charge in [-0.3, -0.25) is 4.79 Å². The third-order valence-corrected chi connectivity index (χ3v) is 6.20. The van der Waals surface area contributed by atoms with Crippen molar-refractivity contribution in [2.45, 2.75) is 20.5 Å².